The van der Waals surface area contributed by atoms with Crippen LogP contribution in [0.3, 0.4) is 0 Å². The zero-order chi connectivity index (χ0) is 25.6. The Hall–Kier alpha value is -3.60. The van der Waals surface area contributed by atoms with Gasteiger partial charge < -0.3 is 5.11 Å². The van der Waals surface area contributed by atoms with Crippen molar-refractivity contribution >= 4 is 46.4 Å². The standard InChI is InChI=1S/C25H20ClN3O6S/c26-18-11-10-17(36-18)21-19-20(23(31)28(22(19)30)13-15-4-2-1-3-5-15)25(27-21,24(32)33)12-14-6-8-16(9-7-14)29(34)35/h1-11,19-21,27H,12-13H2,(H,32,33). The second-order valence-corrected chi connectivity index (χ2v) is 10.6. The summed E-state index contributed by atoms with van der Waals surface area (Å²) < 4.78 is 0.476. The van der Waals surface area contributed by atoms with Crippen LogP contribution in [0.4, 0.5) is 5.69 Å². The molecule has 2 aromatic carbocycles. The van der Waals surface area contributed by atoms with Crippen LogP contribution in [0.2, 0.25) is 4.34 Å². The number of carboxylic acid groups (broad SMARTS) is 1. The van der Waals surface area contributed by atoms with Gasteiger partial charge in [-0.2, -0.15) is 0 Å². The number of fused-ring (bicyclic) bond motifs is 1. The summed E-state index contributed by atoms with van der Waals surface area (Å²) in [5.41, 5.74) is -0.701. The number of aliphatic carboxylic acids is 1. The van der Waals surface area contributed by atoms with Crippen molar-refractivity contribution in [2.24, 2.45) is 11.8 Å². The van der Waals surface area contributed by atoms with E-state index >= 15 is 0 Å². The number of carbonyl (C=O) groups excluding carboxylic acids is 2. The van der Waals surface area contributed by atoms with Crippen molar-refractivity contribution in [1.82, 2.24) is 10.2 Å². The van der Waals surface area contributed by atoms with E-state index in [0.717, 1.165) is 10.5 Å². The Morgan fingerprint density at radius 2 is 1.75 bits per heavy atom. The van der Waals surface area contributed by atoms with Crippen LogP contribution in [-0.2, 0) is 27.3 Å². The topological polar surface area (TPSA) is 130 Å². The average Bonchev–Trinajstić information content (AvgIpc) is 3.51. The highest BCUT2D eigenvalue weighted by molar-refractivity contribution is 7.16. The summed E-state index contributed by atoms with van der Waals surface area (Å²) >= 11 is 7.36. The summed E-state index contributed by atoms with van der Waals surface area (Å²) in [6, 6.07) is 17.2. The highest BCUT2D eigenvalue weighted by Gasteiger charge is 2.68. The molecule has 2 amide bonds. The minimum absolute atomic E-state index is 0.0383. The van der Waals surface area contributed by atoms with Crippen LogP contribution in [0, 0.1) is 22.0 Å². The number of carbonyl (C=O) groups is 3. The van der Waals surface area contributed by atoms with Gasteiger partial charge in [0.1, 0.15) is 5.54 Å². The molecule has 0 bridgehead atoms. The van der Waals surface area contributed by atoms with E-state index in [-0.39, 0.29) is 18.7 Å². The number of carboxylic acids is 1. The molecule has 2 aliphatic rings. The Labute approximate surface area is 214 Å². The second kappa shape index (κ2) is 9.12. The molecule has 2 fully saturated rings. The van der Waals surface area contributed by atoms with Crippen LogP contribution in [0.1, 0.15) is 22.0 Å². The van der Waals surface area contributed by atoms with Gasteiger partial charge in [-0.05, 0) is 23.3 Å². The molecule has 184 valence electrons. The van der Waals surface area contributed by atoms with Crippen LogP contribution in [0.15, 0.2) is 66.7 Å². The lowest BCUT2D eigenvalue weighted by molar-refractivity contribution is -0.384. The van der Waals surface area contributed by atoms with Gasteiger partial charge in [0, 0.05) is 23.4 Å². The number of rotatable bonds is 7. The van der Waals surface area contributed by atoms with Crippen molar-refractivity contribution in [3.05, 3.63) is 97.2 Å². The number of thiophene rings is 1. The van der Waals surface area contributed by atoms with E-state index in [1.165, 1.54) is 35.6 Å². The van der Waals surface area contributed by atoms with Crippen molar-refractivity contribution < 1.29 is 24.4 Å². The van der Waals surface area contributed by atoms with Crippen molar-refractivity contribution in [1.29, 1.82) is 0 Å². The molecule has 5 rings (SSSR count). The third kappa shape index (κ3) is 3.97. The monoisotopic (exact) mass is 525 g/mol. The number of benzene rings is 2. The zero-order valence-corrected chi connectivity index (χ0v) is 20.2. The zero-order valence-electron chi connectivity index (χ0n) is 18.7. The Morgan fingerprint density at radius 3 is 2.33 bits per heavy atom. The van der Waals surface area contributed by atoms with E-state index in [1.807, 2.05) is 6.07 Å². The fourth-order valence-electron chi connectivity index (χ4n) is 5.22. The van der Waals surface area contributed by atoms with Crippen LogP contribution >= 0.6 is 22.9 Å². The number of imide groups is 1. The molecule has 4 unspecified atom stereocenters. The molecular formula is C25H20ClN3O6S. The first-order valence-corrected chi connectivity index (χ1v) is 12.3. The first-order chi connectivity index (χ1) is 17.2. The lowest BCUT2D eigenvalue weighted by atomic mass is 9.76. The van der Waals surface area contributed by atoms with Gasteiger partial charge in [-0.1, -0.05) is 54.1 Å². The first kappa shape index (κ1) is 24.1. The number of nitrogens with zero attached hydrogens (tertiary/aromatic N) is 2. The smallest absolute Gasteiger partial charge is 0.325 e. The third-order valence-corrected chi connectivity index (χ3v) is 8.16. The molecule has 0 spiro atoms. The van der Waals surface area contributed by atoms with Crippen LogP contribution < -0.4 is 5.32 Å². The van der Waals surface area contributed by atoms with Gasteiger partial charge in [-0.15, -0.1) is 11.3 Å². The molecule has 36 heavy (non-hydrogen) atoms. The largest absolute Gasteiger partial charge is 0.480 e. The van der Waals surface area contributed by atoms with E-state index in [1.54, 1.807) is 36.4 Å². The third-order valence-electron chi connectivity index (χ3n) is 6.84. The van der Waals surface area contributed by atoms with E-state index in [9.17, 15) is 29.6 Å². The number of likely N-dealkylation sites (tertiary alicyclic amines) is 1. The molecule has 0 saturated carbocycles. The van der Waals surface area contributed by atoms with Crippen LogP contribution in [0.5, 0.6) is 0 Å². The predicted octanol–water partition coefficient (Wildman–Crippen LogP) is 3.82. The highest BCUT2D eigenvalue weighted by atomic mass is 35.5. The SMILES string of the molecule is O=C1C2C(c3ccc(Cl)s3)NC(Cc3ccc([N+](=O)[O-])cc3)(C(=O)O)C2C(=O)N1Cc1ccccc1. The Bertz CT molecular complexity index is 1360. The van der Waals surface area contributed by atoms with Crippen molar-refractivity contribution in [2.75, 3.05) is 0 Å². The number of hydrogen-bond donors (Lipinski definition) is 2. The lowest BCUT2D eigenvalue weighted by Gasteiger charge is -2.31. The number of nitro groups is 1. The summed E-state index contributed by atoms with van der Waals surface area (Å²) in [5.74, 6) is -4.39. The van der Waals surface area contributed by atoms with E-state index in [4.69, 9.17) is 11.6 Å². The first-order valence-electron chi connectivity index (χ1n) is 11.1. The maximum Gasteiger partial charge on any atom is 0.325 e. The van der Waals surface area contributed by atoms with Gasteiger partial charge in [0.15, 0.2) is 0 Å². The molecule has 9 nitrogen and oxygen atoms in total. The summed E-state index contributed by atoms with van der Waals surface area (Å²) in [5, 5.41) is 24.7. The van der Waals surface area contributed by atoms with Crippen molar-refractivity contribution in [3.63, 3.8) is 0 Å². The van der Waals surface area contributed by atoms with Crippen molar-refractivity contribution in [3.8, 4) is 0 Å². The minimum Gasteiger partial charge on any atom is -0.480 e. The van der Waals surface area contributed by atoms with Crippen molar-refractivity contribution in [2.45, 2.75) is 24.5 Å². The predicted molar refractivity (Wildman–Crippen MR) is 131 cm³/mol. The maximum absolute atomic E-state index is 13.7. The average molecular weight is 526 g/mol. The summed E-state index contributed by atoms with van der Waals surface area (Å²) in [4.78, 5) is 52.5. The quantitative estimate of drug-likeness (QED) is 0.272. The van der Waals surface area contributed by atoms with E-state index in [2.05, 4.69) is 5.32 Å². The fourth-order valence-corrected chi connectivity index (χ4v) is 6.38. The van der Waals surface area contributed by atoms with Gasteiger partial charge in [0.2, 0.25) is 11.8 Å². The Balaban J connectivity index is 1.57. The lowest BCUT2D eigenvalue weighted by Crippen LogP contribution is -2.57. The molecule has 0 radical (unpaired) electrons. The van der Waals surface area contributed by atoms with E-state index < -0.39 is 46.1 Å². The molecule has 2 N–H and O–H groups in total. The molecule has 11 heteroatoms. The maximum atomic E-state index is 13.7. The van der Waals surface area contributed by atoms with Gasteiger partial charge >= 0.3 is 5.97 Å². The number of halogens is 1. The number of non-ortho nitro benzene ring substituents is 1. The number of amides is 2. The summed E-state index contributed by atoms with van der Waals surface area (Å²) in [6.07, 6.45) is -0.144. The second-order valence-electron chi connectivity index (χ2n) is 8.89. The van der Waals surface area contributed by atoms with Gasteiger partial charge in [0.25, 0.3) is 5.69 Å². The van der Waals surface area contributed by atoms with Crippen LogP contribution in [0.25, 0.3) is 0 Å². The molecule has 2 aliphatic heterocycles. The van der Waals surface area contributed by atoms with Gasteiger partial charge in [0.05, 0.1) is 33.7 Å². The number of nitrogens with one attached hydrogen (secondary N) is 1. The number of hydrogen-bond acceptors (Lipinski definition) is 7. The van der Waals surface area contributed by atoms with Gasteiger partial charge in [-0.3, -0.25) is 34.7 Å². The fraction of sp³-hybridized carbons (Fsp3) is 0.240. The molecule has 3 heterocycles. The summed E-state index contributed by atoms with van der Waals surface area (Å²) in [7, 11) is 0. The molecule has 4 atom stereocenters. The molecule has 1 aromatic heterocycles. The number of nitro benzene ring substituents is 1. The highest BCUT2D eigenvalue weighted by Crippen LogP contribution is 2.51. The molecule has 2 saturated heterocycles. The van der Waals surface area contributed by atoms with E-state index in [0.29, 0.717) is 14.8 Å². The Kier molecular flexibility index (Phi) is 6.11. The molecular weight excluding hydrogens is 506 g/mol. The normalized spacial score (nSPS) is 25.2. The van der Waals surface area contributed by atoms with Crippen LogP contribution in [-0.4, -0.2) is 38.3 Å². The Morgan fingerprint density at radius 1 is 1.06 bits per heavy atom. The molecule has 3 aromatic rings. The summed E-state index contributed by atoms with van der Waals surface area (Å²) in [6.45, 7) is 0.0383. The van der Waals surface area contributed by atoms with Gasteiger partial charge in [-0.25, -0.2) is 0 Å². The molecule has 0 aliphatic carbocycles. The minimum atomic E-state index is -1.81.